The summed E-state index contributed by atoms with van der Waals surface area (Å²) in [5, 5.41) is 0. The van der Waals surface area contributed by atoms with E-state index in [9.17, 15) is 4.79 Å². The van der Waals surface area contributed by atoms with E-state index in [1.807, 2.05) is 0 Å². The van der Waals surface area contributed by atoms with Gasteiger partial charge in [0, 0.05) is 17.9 Å². The van der Waals surface area contributed by atoms with Crippen molar-refractivity contribution in [3.8, 4) is 0 Å². The van der Waals surface area contributed by atoms with Gasteiger partial charge in [-0.05, 0) is 6.42 Å². The summed E-state index contributed by atoms with van der Waals surface area (Å²) in [6.07, 6.45) is 1.39. The molecule has 0 saturated carbocycles. The molecule has 3 nitrogen and oxygen atoms in total. The Labute approximate surface area is 86.7 Å². The third-order valence-corrected chi connectivity index (χ3v) is 3.87. The van der Waals surface area contributed by atoms with E-state index in [1.54, 1.807) is 23.5 Å². The van der Waals surface area contributed by atoms with Crippen molar-refractivity contribution in [1.29, 1.82) is 0 Å². The molecule has 0 atom stereocenters. The van der Waals surface area contributed by atoms with Crippen molar-refractivity contribution >= 4 is 33.9 Å². The Morgan fingerprint density at radius 2 is 2.62 bits per heavy atom. The van der Waals surface area contributed by atoms with Crippen LogP contribution in [0.15, 0.2) is 4.99 Å². The van der Waals surface area contributed by atoms with E-state index in [0.29, 0.717) is 6.42 Å². The van der Waals surface area contributed by atoms with Gasteiger partial charge in [0.25, 0.3) is 0 Å². The minimum absolute atomic E-state index is 0.124. The Morgan fingerprint density at radius 1 is 1.77 bits per heavy atom. The fourth-order valence-corrected chi connectivity index (χ4v) is 2.90. The Balaban J connectivity index is 1.97. The van der Waals surface area contributed by atoms with Gasteiger partial charge in [0.15, 0.2) is 0 Å². The van der Waals surface area contributed by atoms with Gasteiger partial charge in [0.1, 0.15) is 4.38 Å². The number of esters is 1. The molecule has 1 heterocycles. The summed E-state index contributed by atoms with van der Waals surface area (Å²) in [6, 6.07) is 0. The number of hydrogen-bond acceptors (Lipinski definition) is 5. The van der Waals surface area contributed by atoms with Gasteiger partial charge in [-0.15, -0.1) is 0 Å². The molecule has 0 bridgehead atoms. The zero-order valence-electron chi connectivity index (χ0n) is 7.62. The molecule has 0 spiro atoms. The first-order valence-corrected chi connectivity index (χ1v) is 6.17. The van der Waals surface area contributed by atoms with Crippen LogP contribution < -0.4 is 0 Å². The molecule has 0 fully saturated rings. The zero-order valence-corrected chi connectivity index (χ0v) is 9.25. The smallest absolute Gasteiger partial charge is 0.305 e. The molecule has 13 heavy (non-hydrogen) atoms. The molecule has 0 saturated heterocycles. The van der Waals surface area contributed by atoms with Crippen molar-refractivity contribution < 1.29 is 9.53 Å². The van der Waals surface area contributed by atoms with Crippen LogP contribution in [0, 0.1) is 0 Å². The lowest BCUT2D eigenvalue weighted by atomic mass is 10.3. The van der Waals surface area contributed by atoms with Crippen LogP contribution in [0.2, 0.25) is 0 Å². The third kappa shape index (κ3) is 4.57. The largest absolute Gasteiger partial charge is 0.469 e. The quantitative estimate of drug-likeness (QED) is 0.533. The van der Waals surface area contributed by atoms with Crippen molar-refractivity contribution in [2.24, 2.45) is 4.99 Å². The predicted octanol–water partition coefficient (Wildman–Crippen LogP) is 1.78. The van der Waals surface area contributed by atoms with Crippen molar-refractivity contribution in [1.82, 2.24) is 0 Å². The monoisotopic (exact) mass is 219 g/mol. The highest BCUT2D eigenvalue weighted by Gasteiger charge is 2.07. The zero-order chi connectivity index (χ0) is 9.52. The summed E-state index contributed by atoms with van der Waals surface area (Å²) >= 11 is 3.55. The minimum Gasteiger partial charge on any atom is -0.469 e. The molecule has 0 aromatic rings. The number of nitrogens with zero attached hydrogens (tertiary/aromatic N) is 1. The van der Waals surface area contributed by atoms with Gasteiger partial charge < -0.3 is 4.74 Å². The molecule has 0 radical (unpaired) electrons. The molecular formula is C8H13NO2S2. The summed E-state index contributed by atoms with van der Waals surface area (Å²) in [4.78, 5) is 15.0. The molecule has 0 unspecified atom stereocenters. The van der Waals surface area contributed by atoms with E-state index in [0.717, 1.165) is 24.5 Å². The topological polar surface area (TPSA) is 38.7 Å². The SMILES string of the molecule is COC(=O)CCCSC1=NCCS1. The van der Waals surface area contributed by atoms with Gasteiger partial charge in [-0.2, -0.15) is 0 Å². The van der Waals surface area contributed by atoms with Gasteiger partial charge in [-0.3, -0.25) is 9.79 Å². The van der Waals surface area contributed by atoms with Crippen molar-refractivity contribution in [3.63, 3.8) is 0 Å². The third-order valence-electron chi connectivity index (χ3n) is 1.54. The lowest BCUT2D eigenvalue weighted by Gasteiger charge is -1.99. The number of carbonyl (C=O) groups excluding carboxylic acids is 1. The highest BCUT2D eigenvalue weighted by Crippen LogP contribution is 2.22. The lowest BCUT2D eigenvalue weighted by molar-refractivity contribution is -0.140. The van der Waals surface area contributed by atoms with Crippen LogP contribution in [0.1, 0.15) is 12.8 Å². The second-order valence-electron chi connectivity index (χ2n) is 2.52. The summed E-state index contributed by atoms with van der Waals surface area (Å²) in [6.45, 7) is 0.948. The van der Waals surface area contributed by atoms with Gasteiger partial charge >= 0.3 is 5.97 Å². The maximum Gasteiger partial charge on any atom is 0.305 e. The highest BCUT2D eigenvalue weighted by atomic mass is 32.2. The number of methoxy groups -OCH3 is 1. The maximum absolute atomic E-state index is 10.7. The van der Waals surface area contributed by atoms with Gasteiger partial charge in [0.2, 0.25) is 0 Å². The fraction of sp³-hybridized carbons (Fsp3) is 0.750. The summed E-state index contributed by atoms with van der Waals surface area (Å²) < 4.78 is 5.71. The number of thioether (sulfide) groups is 2. The number of carbonyl (C=O) groups is 1. The van der Waals surface area contributed by atoms with Gasteiger partial charge in [-0.25, -0.2) is 0 Å². The molecule has 0 N–H and O–H groups in total. The van der Waals surface area contributed by atoms with E-state index in [2.05, 4.69) is 9.73 Å². The first kappa shape index (κ1) is 10.9. The first-order valence-electron chi connectivity index (χ1n) is 4.20. The van der Waals surface area contributed by atoms with E-state index < -0.39 is 0 Å². The van der Waals surface area contributed by atoms with Gasteiger partial charge in [0.05, 0.1) is 13.7 Å². The molecule has 1 aliphatic heterocycles. The standard InChI is InChI=1S/C8H13NO2S2/c1-11-7(10)3-2-5-12-8-9-4-6-13-8/h2-6H2,1H3. The molecule has 74 valence electrons. The van der Waals surface area contributed by atoms with E-state index in [1.165, 1.54) is 11.5 Å². The molecule has 0 aromatic carbocycles. The number of rotatable bonds is 4. The van der Waals surface area contributed by atoms with Crippen LogP contribution in [-0.2, 0) is 9.53 Å². The van der Waals surface area contributed by atoms with Crippen LogP contribution in [0.4, 0.5) is 0 Å². The highest BCUT2D eigenvalue weighted by molar-refractivity contribution is 8.39. The van der Waals surface area contributed by atoms with Crippen LogP contribution in [0.5, 0.6) is 0 Å². The van der Waals surface area contributed by atoms with E-state index >= 15 is 0 Å². The van der Waals surface area contributed by atoms with Crippen LogP contribution in [0.25, 0.3) is 0 Å². The van der Waals surface area contributed by atoms with Crippen molar-refractivity contribution in [3.05, 3.63) is 0 Å². The Kier molecular flexibility index (Phi) is 5.31. The summed E-state index contributed by atoms with van der Waals surface area (Å²) in [5.74, 6) is 1.95. The second kappa shape index (κ2) is 6.32. The Morgan fingerprint density at radius 3 is 3.23 bits per heavy atom. The van der Waals surface area contributed by atoms with Gasteiger partial charge in [-0.1, -0.05) is 23.5 Å². The average Bonchev–Trinajstić information content (AvgIpc) is 2.64. The van der Waals surface area contributed by atoms with Crippen molar-refractivity contribution in [2.75, 3.05) is 25.2 Å². The summed E-state index contributed by atoms with van der Waals surface area (Å²) in [5.41, 5.74) is 0. The van der Waals surface area contributed by atoms with Crippen LogP contribution in [-0.4, -0.2) is 35.5 Å². The fourth-order valence-electron chi connectivity index (χ4n) is 0.881. The molecule has 0 aliphatic carbocycles. The normalized spacial score (nSPS) is 15.6. The molecular weight excluding hydrogens is 206 g/mol. The maximum atomic E-state index is 10.7. The van der Waals surface area contributed by atoms with Crippen LogP contribution in [0.3, 0.4) is 0 Å². The lowest BCUT2D eigenvalue weighted by Crippen LogP contribution is -2.00. The molecule has 0 aromatic heterocycles. The van der Waals surface area contributed by atoms with E-state index in [4.69, 9.17) is 0 Å². The molecule has 5 heteroatoms. The molecule has 0 amide bonds. The first-order chi connectivity index (χ1) is 6.33. The molecule has 1 aliphatic rings. The Hall–Kier alpha value is -0.160. The second-order valence-corrected chi connectivity index (χ2v) is 4.95. The van der Waals surface area contributed by atoms with Crippen molar-refractivity contribution in [2.45, 2.75) is 12.8 Å². The number of aliphatic imine (C=N–C) groups is 1. The number of hydrogen-bond donors (Lipinski definition) is 0. The average molecular weight is 219 g/mol. The summed E-state index contributed by atoms with van der Waals surface area (Å²) in [7, 11) is 1.42. The molecule has 1 rings (SSSR count). The Bertz CT molecular complexity index is 206. The van der Waals surface area contributed by atoms with Crippen LogP contribution >= 0.6 is 23.5 Å². The van der Waals surface area contributed by atoms with E-state index in [-0.39, 0.29) is 5.97 Å². The minimum atomic E-state index is -0.124. The predicted molar refractivity (Wildman–Crippen MR) is 58.5 cm³/mol. The number of ether oxygens (including phenoxy) is 1.